The van der Waals surface area contributed by atoms with Gasteiger partial charge in [0.15, 0.2) is 5.13 Å². The van der Waals surface area contributed by atoms with Crippen LogP contribution in [0.3, 0.4) is 0 Å². The largest absolute Gasteiger partial charge is 0.480 e. The minimum Gasteiger partial charge on any atom is -0.480 e. The third kappa shape index (κ3) is 4.88. The number of carbonyl (C=O) groups excluding carboxylic acids is 2. The second-order valence-corrected chi connectivity index (χ2v) is 8.50. The van der Waals surface area contributed by atoms with E-state index in [-0.39, 0.29) is 23.4 Å². The van der Waals surface area contributed by atoms with Gasteiger partial charge in [-0.15, -0.1) is 11.3 Å². The van der Waals surface area contributed by atoms with E-state index in [0.29, 0.717) is 12.8 Å². The molecule has 0 radical (unpaired) electrons. The third-order valence-corrected chi connectivity index (χ3v) is 6.23. The lowest BCUT2D eigenvalue weighted by Crippen LogP contribution is -2.40. The standard InChI is InChI=1S/C24H23N3O5S/c1-2-7-19(22(29)30)25-21(28)20-13-33-23(26-20)27-24(31)32-12-18-16-10-5-3-8-14(16)15-9-4-6-11-17(15)18/h3-6,8-11,13,18-19H,2,7,12H2,1H3,(H,25,28)(H,29,30)(H,26,27,31)/t19-/m0/s1. The van der Waals surface area contributed by atoms with Gasteiger partial charge in [-0.3, -0.25) is 10.1 Å². The number of nitrogens with zero attached hydrogens (tertiary/aromatic N) is 1. The van der Waals surface area contributed by atoms with Crippen molar-refractivity contribution in [2.75, 3.05) is 11.9 Å². The highest BCUT2D eigenvalue weighted by Gasteiger charge is 2.29. The van der Waals surface area contributed by atoms with E-state index in [1.807, 2.05) is 43.3 Å². The molecule has 0 saturated carbocycles. The fourth-order valence-corrected chi connectivity index (χ4v) is 4.61. The van der Waals surface area contributed by atoms with E-state index < -0.39 is 24.0 Å². The normalized spacial score (nSPS) is 13.0. The molecule has 1 atom stereocenters. The maximum Gasteiger partial charge on any atom is 0.413 e. The predicted molar refractivity (Wildman–Crippen MR) is 125 cm³/mol. The zero-order valence-electron chi connectivity index (χ0n) is 17.9. The van der Waals surface area contributed by atoms with Crippen LogP contribution in [0.2, 0.25) is 0 Å². The maximum atomic E-state index is 12.4. The number of rotatable bonds is 8. The van der Waals surface area contributed by atoms with Gasteiger partial charge in [0.2, 0.25) is 0 Å². The van der Waals surface area contributed by atoms with Crippen molar-refractivity contribution in [3.63, 3.8) is 0 Å². The number of fused-ring (bicyclic) bond motifs is 3. The smallest absolute Gasteiger partial charge is 0.413 e. The number of carboxylic acid groups (broad SMARTS) is 1. The van der Waals surface area contributed by atoms with Crippen molar-refractivity contribution in [3.05, 3.63) is 70.7 Å². The molecule has 1 aromatic heterocycles. The van der Waals surface area contributed by atoms with Gasteiger partial charge in [0.1, 0.15) is 18.3 Å². The van der Waals surface area contributed by atoms with Gasteiger partial charge >= 0.3 is 12.1 Å². The van der Waals surface area contributed by atoms with E-state index in [4.69, 9.17) is 4.74 Å². The van der Waals surface area contributed by atoms with Crippen LogP contribution in [0.25, 0.3) is 11.1 Å². The molecular formula is C24H23N3O5S. The average molecular weight is 466 g/mol. The van der Waals surface area contributed by atoms with Crippen LogP contribution in [0.5, 0.6) is 0 Å². The number of amides is 2. The number of hydrogen-bond donors (Lipinski definition) is 3. The van der Waals surface area contributed by atoms with E-state index in [0.717, 1.165) is 33.6 Å². The van der Waals surface area contributed by atoms with Gasteiger partial charge in [0, 0.05) is 11.3 Å². The summed E-state index contributed by atoms with van der Waals surface area (Å²) in [5, 5.41) is 15.8. The van der Waals surface area contributed by atoms with Gasteiger partial charge in [0.05, 0.1) is 0 Å². The molecule has 0 saturated heterocycles. The molecule has 2 amide bonds. The Balaban J connectivity index is 1.36. The summed E-state index contributed by atoms with van der Waals surface area (Å²) in [5.41, 5.74) is 4.54. The summed E-state index contributed by atoms with van der Waals surface area (Å²) in [6.45, 7) is 2.00. The molecule has 170 valence electrons. The quantitative estimate of drug-likeness (QED) is 0.451. The molecule has 1 heterocycles. The van der Waals surface area contributed by atoms with Crippen molar-refractivity contribution in [2.24, 2.45) is 0 Å². The molecule has 0 aliphatic heterocycles. The van der Waals surface area contributed by atoms with E-state index >= 15 is 0 Å². The summed E-state index contributed by atoms with van der Waals surface area (Å²) in [5.74, 6) is -1.77. The van der Waals surface area contributed by atoms with Crippen LogP contribution >= 0.6 is 11.3 Å². The summed E-state index contributed by atoms with van der Waals surface area (Å²) in [6, 6.07) is 15.1. The predicted octanol–water partition coefficient (Wildman–Crippen LogP) is 4.49. The molecule has 0 unspecified atom stereocenters. The SMILES string of the molecule is CCC[C@H](NC(=O)c1csc(NC(=O)OCC2c3ccccc3-c3ccccc32)n1)C(=O)O. The number of hydrogen-bond acceptors (Lipinski definition) is 6. The molecule has 3 aromatic rings. The first-order valence-corrected chi connectivity index (χ1v) is 11.5. The van der Waals surface area contributed by atoms with Crippen LogP contribution in [0, 0.1) is 0 Å². The molecule has 0 bridgehead atoms. The molecule has 33 heavy (non-hydrogen) atoms. The number of anilines is 1. The number of ether oxygens (including phenoxy) is 1. The van der Waals surface area contributed by atoms with Crippen LogP contribution in [0.4, 0.5) is 9.93 Å². The van der Waals surface area contributed by atoms with Crippen LogP contribution in [-0.4, -0.2) is 40.7 Å². The van der Waals surface area contributed by atoms with Crippen molar-refractivity contribution in [1.29, 1.82) is 0 Å². The summed E-state index contributed by atoms with van der Waals surface area (Å²) >= 11 is 1.06. The topological polar surface area (TPSA) is 118 Å². The fraction of sp³-hybridized carbons (Fsp3) is 0.250. The Labute approximate surface area is 194 Å². The van der Waals surface area contributed by atoms with Crippen LogP contribution in [-0.2, 0) is 9.53 Å². The Bertz CT molecular complexity index is 1150. The Hall–Kier alpha value is -3.72. The molecular weight excluding hydrogens is 442 g/mol. The Morgan fingerprint density at radius 2 is 1.73 bits per heavy atom. The molecule has 9 heteroatoms. The van der Waals surface area contributed by atoms with E-state index in [2.05, 4.69) is 27.8 Å². The number of aromatic nitrogens is 1. The van der Waals surface area contributed by atoms with Crippen molar-refractivity contribution in [2.45, 2.75) is 31.7 Å². The fourth-order valence-electron chi connectivity index (χ4n) is 3.94. The lowest BCUT2D eigenvalue weighted by atomic mass is 9.98. The lowest BCUT2D eigenvalue weighted by Gasteiger charge is -2.14. The first-order chi connectivity index (χ1) is 16.0. The number of carboxylic acids is 1. The monoisotopic (exact) mass is 465 g/mol. The summed E-state index contributed by atoms with van der Waals surface area (Å²) < 4.78 is 5.48. The second kappa shape index (κ2) is 9.83. The van der Waals surface area contributed by atoms with E-state index in [1.165, 1.54) is 5.38 Å². The van der Waals surface area contributed by atoms with Gasteiger partial charge in [-0.25, -0.2) is 14.6 Å². The van der Waals surface area contributed by atoms with Gasteiger partial charge < -0.3 is 15.2 Å². The number of benzene rings is 2. The molecule has 1 aliphatic rings. The van der Waals surface area contributed by atoms with Crippen LogP contribution in [0.15, 0.2) is 53.9 Å². The number of thiazole rings is 1. The summed E-state index contributed by atoms with van der Waals surface area (Å²) in [7, 11) is 0. The molecule has 3 N–H and O–H groups in total. The van der Waals surface area contributed by atoms with Gasteiger partial charge in [-0.1, -0.05) is 61.9 Å². The Kier molecular flexibility index (Phi) is 6.69. The molecule has 1 aliphatic carbocycles. The molecule has 2 aromatic carbocycles. The first-order valence-electron chi connectivity index (χ1n) is 10.6. The van der Waals surface area contributed by atoms with Crippen molar-refractivity contribution in [3.8, 4) is 11.1 Å². The molecule has 8 nitrogen and oxygen atoms in total. The zero-order chi connectivity index (χ0) is 23.4. The Morgan fingerprint density at radius 1 is 1.09 bits per heavy atom. The zero-order valence-corrected chi connectivity index (χ0v) is 18.7. The average Bonchev–Trinajstić information content (AvgIpc) is 3.40. The van der Waals surface area contributed by atoms with Gasteiger partial charge in [-0.05, 0) is 28.7 Å². The third-order valence-electron chi connectivity index (χ3n) is 5.47. The lowest BCUT2D eigenvalue weighted by molar-refractivity contribution is -0.139. The van der Waals surface area contributed by atoms with E-state index in [9.17, 15) is 19.5 Å². The van der Waals surface area contributed by atoms with Gasteiger partial charge in [-0.2, -0.15) is 0 Å². The second-order valence-electron chi connectivity index (χ2n) is 7.64. The number of carbonyl (C=O) groups is 3. The highest BCUT2D eigenvalue weighted by atomic mass is 32.1. The molecule has 0 fully saturated rings. The van der Waals surface area contributed by atoms with Crippen molar-refractivity contribution < 1.29 is 24.2 Å². The number of aliphatic carboxylic acids is 1. The van der Waals surface area contributed by atoms with Crippen molar-refractivity contribution in [1.82, 2.24) is 10.3 Å². The summed E-state index contributed by atoms with van der Waals surface area (Å²) in [4.78, 5) is 40.0. The van der Waals surface area contributed by atoms with Crippen LogP contribution in [0.1, 0.15) is 47.3 Å². The summed E-state index contributed by atoms with van der Waals surface area (Å²) in [6.07, 6.45) is 0.256. The first kappa shape index (κ1) is 22.5. The van der Waals surface area contributed by atoms with E-state index in [1.54, 1.807) is 0 Å². The number of nitrogens with one attached hydrogen (secondary N) is 2. The highest BCUT2D eigenvalue weighted by molar-refractivity contribution is 7.14. The molecule has 4 rings (SSSR count). The van der Waals surface area contributed by atoms with Crippen LogP contribution < -0.4 is 10.6 Å². The maximum absolute atomic E-state index is 12.4. The minimum atomic E-state index is -1.10. The molecule has 0 spiro atoms. The Morgan fingerprint density at radius 3 is 2.33 bits per heavy atom. The highest BCUT2D eigenvalue weighted by Crippen LogP contribution is 2.44. The van der Waals surface area contributed by atoms with Gasteiger partial charge in [0.25, 0.3) is 5.91 Å². The minimum absolute atomic E-state index is 0.0382. The van der Waals surface area contributed by atoms with Crippen molar-refractivity contribution >= 4 is 34.4 Å².